The van der Waals surface area contributed by atoms with Gasteiger partial charge in [-0.1, -0.05) is 26.0 Å². The molecule has 8 nitrogen and oxygen atoms in total. The van der Waals surface area contributed by atoms with Crippen molar-refractivity contribution >= 4 is 24.0 Å². The molecule has 4 N–H and O–H groups in total. The van der Waals surface area contributed by atoms with E-state index in [1.807, 2.05) is 0 Å². The van der Waals surface area contributed by atoms with Crippen molar-refractivity contribution < 1.29 is 24.3 Å². The average Bonchev–Trinajstić information content (AvgIpc) is 2.59. The molecular formula is C19H26N3O5. The highest BCUT2D eigenvalue weighted by Crippen LogP contribution is 2.12. The highest BCUT2D eigenvalue weighted by atomic mass is 16.3. The Morgan fingerprint density at radius 3 is 2.11 bits per heavy atom. The molecule has 0 heterocycles. The zero-order valence-corrected chi connectivity index (χ0v) is 15.9. The van der Waals surface area contributed by atoms with Crippen molar-refractivity contribution in [1.82, 2.24) is 16.0 Å². The number of amides is 3. The summed E-state index contributed by atoms with van der Waals surface area (Å²) in [6.45, 7) is 6.27. The Hall–Kier alpha value is -2.90. The number of carbonyl (C=O) groups is 4. The van der Waals surface area contributed by atoms with E-state index in [4.69, 9.17) is 0 Å². The molecule has 0 unspecified atom stereocenters. The van der Waals surface area contributed by atoms with Crippen molar-refractivity contribution in [2.75, 3.05) is 0 Å². The molecule has 0 fully saturated rings. The van der Waals surface area contributed by atoms with Crippen LogP contribution in [0.5, 0.6) is 5.75 Å². The summed E-state index contributed by atoms with van der Waals surface area (Å²) in [6.07, 6.45) is 0.708. The SMILES string of the molecule is C[C](C=O)NC(=O)[C@@H](NC(=O)[C@H](Cc1ccc(O)cc1)NC(C)=O)C(C)C. The lowest BCUT2D eigenvalue weighted by molar-refractivity contribution is -0.132. The van der Waals surface area contributed by atoms with Gasteiger partial charge < -0.3 is 25.9 Å². The van der Waals surface area contributed by atoms with Crippen LogP contribution < -0.4 is 16.0 Å². The molecule has 0 aliphatic carbocycles. The largest absolute Gasteiger partial charge is 0.508 e. The maximum atomic E-state index is 12.7. The molecule has 1 radical (unpaired) electrons. The fourth-order valence-electron chi connectivity index (χ4n) is 2.41. The molecule has 2 atom stereocenters. The molecule has 0 saturated heterocycles. The van der Waals surface area contributed by atoms with E-state index in [1.54, 1.807) is 26.0 Å². The Labute approximate surface area is 158 Å². The molecule has 0 bridgehead atoms. The van der Waals surface area contributed by atoms with Gasteiger partial charge in [-0.05, 0) is 30.5 Å². The Bertz CT molecular complexity index is 672. The van der Waals surface area contributed by atoms with Crippen LogP contribution in [0.2, 0.25) is 0 Å². The van der Waals surface area contributed by atoms with Crippen molar-refractivity contribution in [3.8, 4) is 5.75 Å². The van der Waals surface area contributed by atoms with Crippen molar-refractivity contribution in [3.63, 3.8) is 0 Å². The van der Waals surface area contributed by atoms with E-state index in [2.05, 4.69) is 16.0 Å². The summed E-state index contributed by atoms with van der Waals surface area (Å²) >= 11 is 0. The van der Waals surface area contributed by atoms with E-state index in [0.717, 1.165) is 5.56 Å². The lowest BCUT2D eigenvalue weighted by Gasteiger charge is -2.25. The second kappa shape index (κ2) is 10.3. The van der Waals surface area contributed by atoms with Gasteiger partial charge in [0.15, 0.2) is 0 Å². The van der Waals surface area contributed by atoms with Gasteiger partial charge in [0.25, 0.3) is 0 Å². The molecular weight excluding hydrogens is 350 g/mol. The van der Waals surface area contributed by atoms with Gasteiger partial charge in [0.1, 0.15) is 30.2 Å². The predicted octanol–water partition coefficient (Wildman–Crippen LogP) is 0.447. The van der Waals surface area contributed by atoms with Gasteiger partial charge in [0, 0.05) is 13.3 Å². The second-order valence-electron chi connectivity index (χ2n) is 6.64. The summed E-state index contributed by atoms with van der Waals surface area (Å²) in [5.74, 6) is -1.55. The molecule has 8 heteroatoms. The standard InChI is InChI=1S/C19H26N3O5/c1-11(2)17(19(27)20-12(3)10-23)22-18(26)16(21-13(4)24)9-14-5-7-15(25)8-6-14/h5-8,10-11,16-17,25H,9H2,1-4H3,(H,20,27)(H,21,24)(H,22,26)/t16-,17-/m0/s1. The van der Waals surface area contributed by atoms with Crippen LogP contribution in [-0.2, 0) is 25.6 Å². The number of phenolic OH excluding ortho intramolecular Hbond substituents is 1. The molecule has 1 aromatic carbocycles. The summed E-state index contributed by atoms with van der Waals surface area (Å²) in [5, 5.41) is 17.0. The first-order valence-corrected chi connectivity index (χ1v) is 8.59. The van der Waals surface area contributed by atoms with Crippen molar-refractivity contribution in [3.05, 3.63) is 35.9 Å². The third-order valence-corrected chi connectivity index (χ3v) is 3.81. The second-order valence-corrected chi connectivity index (χ2v) is 6.64. The van der Waals surface area contributed by atoms with E-state index in [-0.39, 0.29) is 30.0 Å². The number of aromatic hydroxyl groups is 1. The molecule has 27 heavy (non-hydrogen) atoms. The molecule has 0 aliphatic heterocycles. The zero-order chi connectivity index (χ0) is 20.6. The Morgan fingerprint density at radius 1 is 1.04 bits per heavy atom. The van der Waals surface area contributed by atoms with Crippen LogP contribution in [0.25, 0.3) is 0 Å². The number of rotatable bonds is 9. The Morgan fingerprint density at radius 2 is 1.63 bits per heavy atom. The Kier molecular flexibility index (Phi) is 8.44. The average molecular weight is 376 g/mol. The third-order valence-electron chi connectivity index (χ3n) is 3.81. The predicted molar refractivity (Wildman–Crippen MR) is 99.3 cm³/mol. The van der Waals surface area contributed by atoms with Gasteiger partial charge in [-0.3, -0.25) is 14.4 Å². The van der Waals surface area contributed by atoms with Crippen LogP contribution in [-0.4, -0.2) is 41.2 Å². The molecule has 0 aromatic heterocycles. The molecule has 1 aromatic rings. The quantitative estimate of drug-likeness (QED) is 0.466. The normalized spacial score (nSPS) is 13.0. The van der Waals surface area contributed by atoms with Crippen molar-refractivity contribution in [1.29, 1.82) is 0 Å². The summed E-state index contributed by atoms with van der Waals surface area (Å²) < 4.78 is 0. The summed E-state index contributed by atoms with van der Waals surface area (Å²) in [6, 6.07) is 4.64. The summed E-state index contributed by atoms with van der Waals surface area (Å²) in [5.41, 5.74) is 0.734. The minimum atomic E-state index is -0.891. The smallest absolute Gasteiger partial charge is 0.243 e. The number of hydrogen-bond donors (Lipinski definition) is 4. The summed E-state index contributed by atoms with van der Waals surface area (Å²) in [7, 11) is 0. The highest BCUT2D eigenvalue weighted by molar-refractivity contribution is 5.93. The van der Waals surface area contributed by atoms with E-state index in [1.165, 1.54) is 26.0 Å². The first kappa shape index (κ1) is 22.1. The topological polar surface area (TPSA) is 125 Å². The van der Waals surface area contributed by atoms with Gasteiger partial charge in [-0.2, -0.15) is 0 Å². The highest BCUT2D eigenvalue weighted by Gasteiger charge is 2.29. The number of nitrogens with one attached hydrogen (secondary N) is 3. The minimum absolute atomic E-state index is 0.0950. The van der Waals surface area contributed by atoms with Crippen LogP contribution in [0.15, 0.2) is 24.3 Å². The van der Waals surface area contributed by atoms with Crippen LogP contribution in [0.3, 0.4) is 0 Å². The van der Waals surface area contributed by atoms with Crippen molar-refractivity contribution in [2.45, 2.75) is 46.2 Å². The first-order valence-electron chi connectivity index (χ1n) is 8.59. The number of carbonyl (C=O) groups excluding carboxylic acids is 4. The van der Waals surface area contributed by atoms with E-state index < -0.39 is 23.9 Å². The number of benzene rings is 1. The van der Waals surface area contributed by atoms with Gasteiger partial charge >= 0.3 is 0 Å². The molecule has 0 spiro atoms. The van der Waals surface area contributed by atoms with Gasteiger partial charge in [-0.15, -0.1) is 0 Å². The molecule has 3 amide bonds. The van der Waals surface area contributed by atoms with E-state index >= 15 is 0 Å². The third kappa shape index (κ3) is 7.47. The minimum Gasteiger partial charge on any atom is -0.508 e. The maximum absolute atomic E-state index is 12.7. The van der Waals surface area contributed by atoms with Gasteiger partial charge in [-0.25, -0.2) is 0 Å². The zero-order valence-electron chi connectivity index (χ0n) is 15.9. The Balaban J connectivity index is 2.91. The van der Waals surface area contributed by atoms with E-state index in [0.29, 0.717) is 6.29 Å². The number of hydrogen-bond acceptors (Lipinski definition) is 5. The maximum Gasteiger partial charge on any atom is 0.243 e. The van der Waals surface area contributed by atoms with Gasteiger partial charge in [0.05, 0.1) is 0 Å². The first-order chi connectivity index (χ1) is 12.6. The van der Waals surface area contributed by atoms with Crippen molar-refractivity contribution in [2.24, 2.45) is 5.92 Å². The number of phenols is 1. The van der Waals surface area contributed by atoms with Crippen LogP contribution in [0.4, 0.5) is 0 Å². The van der Waals surface area contributed by atoms with Crippen LogP contribution >= 0.6 is 0 Å². The molecule has 0 saturated carbocycles. The lowest BCUT2D eigenvalue weighted by atomic mass is 10.0. The molecule has 1 rings (SSSR count). The monoisotopic (exact) mass is 376 g/mol. The fourth-order valence-corrected chi connectivity index (χ4v) is 2.41. The molecule has 147 valence electrons. The fraction of sp³-hybridized carbons (Fsp3) is 0.421. The lowest BCUT2D eigenvalue weighted by Crippen LogP contribution is -2.56. The van der Waals surface area contributed by atoms with Gasteiger partial charge in [0.2, 0.25) is 17.7 Å². The summed E-state index contributed by atoms with van der Waals surface area (Å²) in [4.78, 5) is 47.2. The van der Waals surface area contributed by atoms with E-state index in [9.17, 15) is 24.3 Å². The van der Waals surface area contributed by atoms with Crippen LogP contribution in [0, 0.1) is 12.0 Å². The molecule has 0 aliphatic rings. The number of aldehydes is 1. The van der Waals surface area contributed by atoms with Crippen LogP contribution in [0.1, 0.15) is 33.3 Å².